The summed E-state index contributed by atoms with van der Waals surface area (Å²) in [5.41, 5.74) is 0.915. The second kappa shape index (κ2) is 4.16. The number of aromatic nitrogens is 2. The monoisotopic (exact) mass is 194 g/mol. The molecule has 0 aliphatic rings. The van der Waals surface area contributed by atoms with Gasteiger partial charge in [0.2, 0.25) is 0 Å². The van der Waals surface area contributed by atoms with Gasteiger partial charge >= 0.3 is 0 Å². The van der Waals surface area contributed by atoms with E-state index in [-0.39, 0.29) is 0 Å². The van der Waals surface area contributed by atoms with Gasteiger partial charge < -0.3 is 0 Å². The summed E-state index contributed by atoms with van der Waals surface area (Å²) in [7, 11) is 0. The van der Waals surface area contributed by atoms with Crippen LogP contribution in [0.2, 0.25) is 4.34 Å². The molecule has 0 fully saturated rings. The Hall–Kier alpha value is 0.200. The highest BCUT2D eigenvalue weighted by atomic mass is 35.5. The van der Waals surface area contributed by atoms with Gasteiger partial charge in [0.05, 0.1) is 0 Å². The lowest BCUT2D eigenvalue weighted by atomic mass is 10.6. The van der Waals surface area contributed by atoms with Crippen LogP contribution in [0.1, 0.15) is 12.6 Å². The summed E-state index contributed by atoms with van der Waals surface area (Å²) >= 11 is 8.80. The predicted octanol–water partition coefficient (Wildman–Crippen LogP) is 2.44. The Kier molecular flexibility index (Phi) is 3.45. The van der Waals surface area contributed by atoms with Gasteiger partial charge in [0.15, 0.2) is 0 Å². The highest BCUT2D eigenvalue weighted by Gasteiger charge is 2.02. The van der Waals surface area contributed by atoms with E-state index in [1.807, 2.05) is 0 Å². The van der Waals surface area contributed by atoms with E-state index in [0.29, 0.717) is 0 Å². The summed E-state index contributed by atoms with van der Waals surface area (Å²) in [4.78, 5) is 0. The molecule has 0 spiro atoms. The summed E-state index contributed by atoms with van der Waals surface area (Å²) in [5.74, 6) is 1.97. The van der Waals surface area contributed by atoms with E-state index in [2.05, 4.69) is 16.5 Å². The normalized spacial score (nSPS) is 10.2. The van der Waals surface area contributed by atoms with Gasteiger partial charge in [-0.05, 0) is 5.75 Å². The van der Waals surface area contributed by atoms with Gasteiger partial charge in [0.25, 0.3) is 0 Å². The third-order valence-electron chi connectivity index (χ3n) is 0.952. The van der Waals surface area contributed by atoms with Crippen LogP contribution >= 0.6 is 34.9 Å². The molecule has 0 aromatic carbocycles. The van der Waals surface area contributed by atoms with Gasteiger partial charge in [0, 0.05) is 17.3 Å². The largest absolute Gasteiger partial charge is 0.156 e. The molecule has 1 heterocycles. The quantitative estimate of drug-likeness (QED) is 0.740. The molecule has 1 aromatic rings. The molecule has 0 aliphatic carbocycles. The van der Waals surface area contributed by atoms with E-state index in [1.54, 1.807) is 11.8 Å². The van der Waals surface area contributed by atoms with Gasteiger partial charge in [-0.2, -0.15) is 11.8 Å². The van der Waals surface area contributed by atoms with Crippen LogP contribution in [-0.4, -0.2) is 15.3 Å². The SMILES string of the molecule is CCSCc1nnsc1Cl. The van der Waals surface area contributed by atoms with Gasteiger partial charge in [0.1, 0.15) is 10.0 Å². The van der Waals surface area contributed by atoms with Gasteiger partial charge in [-0.3, -0.25) is 0 Å². The van der Waals surface area contributed by atoms with Crippen molar-refractivity contribution in [3.8, 4) is 0 Å². The lowest BCUT2D eigenvalue weighted by Gasteiger charge is -1.91. The average Bonchev–Trinajstić information content (AvgIpc) is 2.31. The summed E-state index contributed by atoms with van der Waals surface area (Å²) in [6, 6.07) is 0. The topological polar surface area (TPSA) is 25.8 Å². The molecule has 0 amide bonds. The van der Waals surface area contributed by atoms with E-state index in [0.717, 1.165) is 21.5 Å². The van der Waals surface area contributed by atoms with Gasteiger partial charge in [-0.15, -0.1) is 5.10 Å². The summed E-state index contributed by atoms with van der Waals surface area (Å²) in [5, 5.41) is 3.87. The van der Waals surface area contributed by atoms with Crippen LogP contribution in [-0.2, 0) is 5.75 Å². The molecule has 0 saturated heterocycles. The standard InChI is InChI=1S/C5H7ClN2S2/c1-2-9-3-4-5(6)10-8-7-4/h2-3H2,1H3. The predicted molar refractivity (Wildman–Crippen MR) is 46.8 cm³/mol. The summed E-state index contributed by atoms with van der Waals surface area (Å²) < 4.78 is 4.44. The minimum absolute atomic E-state index is 0.723. The molecule has 0 N–H and O–H groups in total. The van der Waals surface area contributed by atoms with Crippen LogP contribution in [0, 0.1) is 0 Å². The van der Waals surface area contributed by atoms with Crippen LogP contribution < -0.4 is 0 Å². The third kappa shape index (κ3) is 2.11. The van der Waals surface area contributed by atoms with Crippen molar-refractivity contribution in [3.05, 3.63) is 10.0 Å². The molecule has 2 nitrogen and oxygen atoms in total. The maximum absolute atomic E-state index is 5.76. The van der Waals surface area contributed by atoms with Crippen LogP contribution in [0.4, 0.5) is 0 Å². The molecule has 10 heavy (non-hydrogen) atoms. The Bertz CT molecular complexity index is 201. The molecule has 56 valence electrons. The molecular formula is C5H7ClN2S2. The zero-order chi connectivity index (χ0) is 7.40. The van der Waals surface area contributed by atoms with Crippen molar-refractivity contribution in [2.45, 2.75) is 12.7 Å². The van der Waals surface area contributed by atoms with Crippen LogP contribution in [0.5, 0.6) is 0 Å². The first kappa shape index (κ1) is 8.30. The van der Waals surface area contributed by atoms with E-state index < -0.39 is 0 Å². The van der Waals surface area contributed by atoms with Crippen LogP contribution in [0.25, 0.3) is 0 Å². The minimum atomic E-state index is 0.723. The Morgan fingerprint density at radius 2 is 2.50 bits per heavy atom. The Labute approximate surface area is 73.1 Å². The summed E-state index contributed by atoms with van der Waals surface area (Å²) in [6.45, 7) is 2.11. The molecule has 1 rings (SSSR count). The molecule has 1 aromatic heterocycles. The van der Waals surface area contributed by atoms with E-state index in [1.165, 1.54) is 11.5 Å². The van der Waals surface area contributed by atoms with Crippen molar-refractivity contribution in [2.24, 2.45) is 0 Å². The molecular weight excluding hydrogens is 188 g/mol. The highest BCUT2D eigenvalue weighted by molar-refractivity contribution is 7.98. The Morgan fingerprint density at radius 3 is 3.00 bits per heavy atom. The zero-order valence-electron chi connectivity index (χ0n) is 5.50. The molecule has 0 saturated carbocycles. The average molecular weight is 195 g/mol. The number of rotatable bonds is 3. The highest BCUT2D eigenvalue weighted by Crippen LogP contribution is 2.21. The smallest absolute Gasteiger partial charge is 0.138 e. The maximum Gasteiger partial charge on any atom is 0.138 e. The second-order valence-electron chi connectivity index (χ2n) is 1.63. The van der Waals surface area contributed by atoms with Crippen molar-refractivity contribution >= 4 is 34.9 Å². The number of nitrogens with zero attached hydrogens (tertiary/aromatic N) is 2. The van der Waals surface area contributed by atoms with Crippen molar-refractivity contribution in [2.75, 3.05) is 5.75 Å². The van der Waals surface area contributed by atoms with Crippen molar-refractivity contribution in [1.29, 1.82) is 0 Å². The molecule has 5 heteroatoms. The molecule has 0 atom stereocenters. The molecule has 0 unspecified atom stereocenters. The number of thioether (sulfide) groups is 1. The van der Waals surface area contributed by atoms with Crippen molar-refractivity contribution in [1.82, 2.24) is 9.59 Å². The number of hydrogen-bond acceptors (Lipinski definition) is 4. The number of halogens is 1. The fraction of sp³-hybridized carbons (Fsp3) is 0.600. The molecule has 0 aliphatic heterocycles. The zero-order valence-corrected chi connectivity index (χ0v) is 7.89. The van der Waals surface area contributed by atoms with Gasteiger partial charge in [-0.1, -0.05) is 23.0 Å². The first-order valence-corrected chi connectivity index (χ1v) is 5.19. The summed E-state index contributed by atoms with van der Waals surface area (Å²) in [6.07, 6.45) is 0. The Balaban J connectivity index is 2.49. The fourth-order valence-electron chi connectivity index (χ4n) is 0.482. The van der Waals surface area contributed by atoms with Gasteiger partial charge in [-0.25, -0.2) is 0 Å². The van der Waals surface area contributed by atoms with E-state index >= 15 is 0 Å². The number of hydrogen-bond donors (Lipinski definition) is 0. The maximum atomic E-state index is 5.76. The first-order chi connectivity index (χ1) is 4.84. The van der Waals surface area contributed by atoms with Crippen molar-refractivity contribution < 1.29 is 0 Å². The van der Waals surface area contributed by atoms with Crippen LogP contribution in [0.3, 0.4) is 0 Å². The molecule has 0 radical (unpaired) electrons. The molecule has 0 bridgehead atoms. The lowest BCUT2D eigenvalue weighted by molar-refractivity contribution is 1.07. The minimum Gasteiger partial charge on any atom is -0.156 e. The van der Waals surface area contributed by atoms with Crippen molar-refractivity contribution in [3.63, 3.8) is 0 Å². The van der Waals surface area contributed by atoms with E-state index in [9.17, 15) is 0 Å². The third-order valence-corrected chi connectivity index (χ3v) is 2.82. The Morgan fingerprint density at radius 1 is 1.70 bits per heavy atom. The lowest BCUT2D eigenvalue weighted by Crippen LogP contribution is -1.81. The fourth-order valence-corrected chi connectivity index (χ4v) is 1.88. The van der Waals surface area contributed by atoms with E-state index in [4.69, 9.17) is 11.6 Å². The van der Waals surface area contributed by atoms with Crippen LogP contribution in [0.15, 0.2) is 0 Å². The second-order valence-corrected chi connectivity index (χ2v) is 4.26. The first-order valence-electron chi connectivity index (χ1n) is 2.89.